The van der Waals surface area contributed by atoms with Gasteiger partial charge >= 0.3 is 0 Å². The van der Waals surface area contributed by atoms with Crippen LogP contribution in [0.2, 0.25) is 0 Å². The van der Waals surface area contributed by atoms with Crippen LogP contribution in [0.1, 0.15) is 35.5 Å². The van der Waals surface area contributed by atoms with Crippen LogP contribution >= 0.6 is 11.3 Å². The molecule has 0 bridgehead atoms. The van der Waals surface area contributed by atoms with Crippen LogP contribution < -0.4 is 4.90 Å². The highest BCUT2D eigenvalue weighted by Crippen LogP contribution is 2.21. The number of carbonyl (C=O) groups is 2. The first kappa shape index (κ1) is 16.6. The third-order valence-electron chi connectivity index (χ3n) is 3.14. The lowest BCUT2D eigenvalue weighted by molar-refractivity contribution is -0.116. The molecule has 1 amide bonds. The number of hydrogen-bond acceptors (Lipinski definition) is 5. The van der Waals surface area contributed by atoms with Crippen molar-refractivity contribution in [3.63, 3.8) is 0 Å². The summed E-state index contributed by atoms with van der Waals surface area (Å²) in [5.41, 5.74) is 1.65. The molecule has 0 aliphatic carbocycles. The van der Waals surface area contributed by atoms with Crippen LogP contribution in [0.5, 0.6) is 0 Å². The number of anilines is 1. The summed E-state index contributed by atoms with van der Waals surface area (Å²) in [5.74, 6) is -0.228. The van der Waals surface area contributed by atoms with Crippen molar-refractivity contribution >= 4 is 34.2 Å². The van der Waals surface area contributed by atoms with Crippen molar-refractivity contribution in [3.8, 4) is 6.07 Å². The fraction of sp³-hybridized carbons (Fsp3) is 0.176. The lowest BCUT2D eigenvalue weighted by Gasteiger charge is -2.14. The predicted molar refractivity (Wildman–Crippen MR) is 90.3 cm³/mol. The topological polar surface area (TPSA) is 74.1 Å². The Hall–Kier alpha value is -2.78. The number of nitrogens with zero attached hydrogens (tertiary/aromatic N) is 3. The first-order valence-electron chi connectivity index (χ1n) is 7.01. The van der Waals surface area contributed by atoms with E-state index in [0.717, 1.165) is 0 Å². The van der Waals surface area contributed by atoms with Crippen LogP contribution in [0.25, 0.3) is 6.08 Å². The molecule has 0 radical (unpaired) electrons. The monoisotopic (exact) mass is 325 g/mol. The van der Waals surface area contributed by atoms with Gasteiger partial charge in [0.05, 0.1) is 17.3 Å². The Morgan fingerprint density at radius 2 is 2.04 bits per heavy atom. The van der Waals surface area contributed by atoms with Gasteiger partial charge in [0.2, 0.25) is 5.91 Å². The Morgan fingerprint density at radius 3 is 2.61 bits per heavy atom. The molecule has 116 valence electrons. The molecule has 6 heteroatoms. The number of aromatic nitrogens is 1. The second-order valence-corrected chi connectivity index (χ2v) is 5.54. The molecule has 0 saturated heterocycles. The van der Waals surface area contributed by atoms with E-state index in [4.69, 9.17) is 5.26 Å². The van der Waals surface area contributed by atoms with E-state index in [1.807, 2.05) is 13.0 Å². The first-order chi connectivity index (χ1) is 11.0. The van der Waals surface area contributed by atoms with E-state index in [1.54, 1.807) is 40.6 Å². The molecule has 0 aliphatic rings. The Kier molecular flexibility index (Phi) is 5.39. The highest BCUT2D eigenvalue weighted by atomic mass is 32.1. The second kappa shape index (κ2) is 7.47. The minimum Gasteiger partial charge on any atom is -0.289 e. The summed E-state index contributed by atoms with van der Waals surface area (Å²) in [5, 5.41) is 11.2. The van der Waals surface area contributed by atoms with Gasteiger partial charge in [-0.25, -0.2) is 4.98 Å². The quantitative estimate of drug-likeness (QED) is 0.624. The zero-order chi connectivity index (χ0) is 16.8. The van der Waals surface area contributed by atoms with Gasteiger partial charge in [0.15, 0.2) is 10.9 Å². The van der Waals surface area contributed by atoms with Gasteiger partial charge < -0.3 is 0 Å². The third kappa shape index (κ3) is 4.11. The van der Waals surface area contributed by atoms with E-state index in [-0.39, 0.29) is 11.7 Å². The van der Waals surface area contributed by atoms with E-state index in [9.17, 15) is 9.59 Å². The fourth-order valence-electron chi connectivity index (χ4n) is 1.94. The lowest BCUT2D eigenvalue weighted by Crippen LogP contribution is -2.27. The lowest BCUT2D eigenvalue weighted by atomic mass is 10.1. The number of hydrogen-bond donors (Lipinski definition) is 0. The molecule has 2 rings (SSSR count). The van der Waals surface area contributed by atoms with Gasteiger partial charge in [0, 0.05) is 24.4 Å². The number of ketones is 1. The van der Waals surface area contributed by atoms with Crippen LogP contribution in [0.3, 0.4) is 0 Å². The van der Waals surface area contributed by atoms with E-state index in [1.165, 1.54) is 24.3 Å². The molecule has 1 aromatic heterocycles. The summed E-state index contributed by atoms with van der Waals surface area (Å²) in [4.78, 5) is 29.5. The van der Waals surface area contributed by atoms with Crippen LogP contribution in [0, 0.1) is 11.3 Å². The summed E-state index contributed by atoms with van der Waals surface area (Å²) in [6, 6.07) is 8.45. The molecule has 1 aromatic carbocycles. The van der Waals surface area contributed by atoms with Crippen LogP contribution in [0.4, 0.5) is 5.13 Å². The number of rotatable bonds is 5. The van der Waals surface area contributed by atoms with Gasteiger partial charge in [-0.1, -0.05) is 0 Å². The molecule has 5 nitrogen and oxygen atoms in total. The molecule has 0 atom stereocenters. The minimum absolute atomic E-state index is 0.0639. The van der Waals surface area contributed by atoms with Gasteiger partial charge in [0.25, 0.3) is 0 Å². The standard InChI is InChI=1S/C17H15N3O2S/c1-3-20(12(2)21)17-19-15(11-23-17)8-9-16(22)14-6-4-13(10-18)5-7-14/h4-9,11H,3H2,1-2H3/b9-8+. The highest BCUT2D eigenvalue weighted by Gasteiger charge is 2.12. The molecule has 1 heterocycles. The number of allylic oxidation sites excluding steroid dienone is 1. The maximum absolute atomic E-state index is 12.1. The van der Waals surface area contributed by atoms with E-state index >= 15 is 0 Å². The normalized spacial score (nSPS) is 10.5. The van der Waals surface area contributed by atoms with E-state index in [0.29, 0.717) is 28.5 Å². The van der Waals surface area contributed by atoms with Crippen LogP contribution in [-0.2, 0) is 4.79 Å². The Bertz CT molecular complexity index is 785. The summed E-state index contributed by atoms with van der Waals surface area (Å²) in [6.45, 7) is 3.93. The van der Waals surface area contributed by atoms with E-state index < -0.39 is 0 Å². The minimum atomic E-state index is -0.164. The number of carbonyl (C=O) groups excluding carboxylic acids is 2. The van der Waals surface area contributed by atoms with Gasteiger partial charge in [-0.15, -0.1) is 11.3 Å². The number of thiazole rings is 1. The molecule has 0 spiro atoms. The molecule has 0 N–H and O–H groups in total. The first-order valence-corrected chi connectivity index (χ1v) is 7.89. The van der Waals surface area contributed by atoms with Gasteiger partial charge in [0.1, 0.15) is 0 Å². The van der Waals surface area contributed by atoms with Crippen molar-refractivity contribution in [2.75, 3.05) is 11.4 Å². The zero-order valence-electron chi connectivity index (χ0n) is 12.8. The second-order valence-electron chi connectivity index (χ2n) is 4.70. The summed E-state index contributed by atoms with van der Waals surface area (Å²) >= 11 is 1.36. The van der Waals surface area contributed by atoms with Crippen molar-refractivity contribution in [2.24, 2.45) is 0 Å². The highest BCUT2D eigenvalue weighted by molar-refractivity contribution is 7.14. The van der Waals surface area contributed by atoms with Gasteiger partial charge in [-0.3, -0.25) is 14.5 Å². The number of benzene rings is 1. The number of amides is 1. The predicted octanol–water partition coefficient (Wildman–Crippen LogP) is 3.28. The van der Waals surface area contributed by atoms with Crippen molar-refractivity contribution < 1.29 is 9.59 Å². The molecule has 0 aliphatic heterocycles. The Balaban J connectivity index is 2.10. The molecule has 23 heavy (non-hydrogen) atoms. The van der Waals surface area contributed by atoms with E-state index in [2.05, 4.69) is 4.98 Å². The summed E-state index contributed by atoms with van der Waals surface area (Å²) < 4.78 is 0. The maximum Gasteiger partial charge on any atom is 0.225 e. The van der Waals surface area contributed by atoms with Crippen LogP contribution in [0.15, 0.2) is 35.7 Å². The smallest absolute Gasteiger partial charge is 0.225 e. The van der Waals surface area contributed by atoms with Crippen LogP contribution in [-0.4, -0.2) is 23.2 Å². The third-order valence-corrected chi connectivity index (χ3v) is 4.02. The van der Waals surface area contributed by atoms with Gasteiger partial charge in [-0.05, 0) is 43.3 Å². The van der Waals surface area contributed by atoms with Crippen molar-refractivity contribution in [3.05, 3.63) is 52.5 Å². The molecular weight excluding hydrogens is 310 g/mol. The van der Waals surface area contributed by atoms with Crippen molar-refractivity contribution in [1.29, 1.82) is 5.26 Å². The molecule has 0 fully saturated rings. The van der Waals surface area contributed by atoms with Crippen molar-refractivity contribution in [1.82, 2.24) is 4.98 Å². The largest absolute Gasteiger partial charge is 0.289 e. The molecule has 0 unspecified atom stereocenters. The summed E-state index contributed by atoms with van der Waals surface area (Å²) in [6.07, 6.45) is 3.05. The maximum atomic E-state index is 12.1. The fourth-order valence-corrected chi connectivity index (χ4v) is 2.84. The average molecular weight is 325 g/mol. The number of nitriles is 1. The molecule has 2 aromatic rings. The Morgan fingerprint density at radius 1 is 1.35 bits per heavy atom. The Labute approximate surface area is 138 Å². The SMILES string of the molecule is CCN(C(C)=O)c1nc(/C=C/C(=O)c2ccc(C#N)cc2)cs1. The van der Waals surface area contributed by atoms with Crippen molar-refractivity contribution in [2.45, 2.75) is 13.8 Å². The van der Waals surface area contributed by atoms with Gasteiger partial charge in [-0.2, -0.15) is 5.26 Å². The summed E-state index contributed by atoms with van der Waals surface area (Å²) in [7, 11) is 0. The zero-order valence-corrected chi connectivity index (χ0v) is 13.6. The molecule has 0 saturated carbocycles. The molecular formula is C17H15N3O2S. The average Bonchev–Trinajstić information content (AvgIpc) is 3.01.